The molecule has 0 spiro atoms. The molecule has 2 fully saturated rings. The third-order valence-corrected chi connectivity index (χ3v) is 5.84. The zero-order valence-corrected chi connectivity index (χ0v) is 13.0. The Labute approximate surface area is 124 Å². The molecule has 3 rings (SSSR count). The molecule has 0 amide bonds. The van der Waals surface area contributed by atoms with Crippen LogP contribution in [0, 0.1) is 0 Å². The number of nitrogens with one attached hydrogen (secondary N) is 1. The lowest BCUT2D eigenvalue weighted by atomic mass is 10.1. The quantitative estimate of drug-likeness (QED) is 0.808. The molecule has 2 atom stereocenters. The smallest absolute Gasteiger partial charge is 0.174 e. The molecule has 0 bridgehead atoms. The van der Waals surface area contributed by atoms with Gasteiger partial charge in [0.15, 0.2) is 14.9 Å². The van der Waals surface area contributed by atoms with Crippen LogP contribution in [-0.4, -0.2) is 51.2 Å². The highest BCUT2D eigenvalue weighted by molar-refractivity contribution is 7.91. The summed E-state index contributed by atoms with van der Waals surface area (Å²) in [4.78, 5) is 3.95. The van der Waals surface area contributed by atoms with Crippen molar-refractivity contribution in [3.8, 4) is 0 Å². The Morgan fingerprint density at radius 2 is 2.10 bits per heavy atom. The zero-order valence-electron chi connectivity index (χ0n) is 11.4. The van der Waals surface area contributed by atoms with Crippen molar-refractivity contribution in [1.82, 2.24) is 5.32 Å². The molecule has 7 heteroatoms. The van der Waals surface area contributed by atoms with Crippen molar-refractivity contribution in [2.45, 2.75) is 12.1 Å². The van der Waals surface area contributed by atoms with Gasteiger partial charge in [0.1, 0.15) is 0 Å². The average Bonchev–Trinajstić information content (AvgIpc) is 2.79. The Balaban J connectivity index is 1.97. The van der Waals surface area contributed by atoms with E-state index in [1.807, 2.05) is 48.2 Å². The standard InChI is InChI=1S/C13H17N3O2S2/c1-15(2)9-4-3-5-10(6-9)16-12-8-20(17,18)7-11(12)14-13(16)19/h3-6,11-12H,7-8H2,1-2H3,(H,14,19)/t11-,12-/m0/s1. The molecular weight excluding hydrogens is 294 g/mol. The number of anilines is 2. The Morgan fingerprint density at radius 1 is 1.35 bits per heavy atom. The van der Waals surface area contributed by atoms with Crippen molar-refractivity contribution in [3.63, 3.8) is 0 Å². The van der Waals surface area contributed by atoms with Crippen molar-refractivity contribution < 1.29 is 8.42 Å². The van der Waals surface area contributed by atoms with Gasteiger partial charge >= 0.3 is 0 Å². The van der Waals surface area contributed by atoms with Crippen molar-refractivity contribution in [1.29, 1.82) is 0 Å². The molecule has 2 saturated heterocycles. The van der Waals surface area contributed by atoms with Crippen LogP contribution in [0.4, 0.5) is 11.4 Å². The molecule has 2 aliphatic rings. The van der Waals surface area contributed by atoms with Crippen molar-refractivity contribution in [2.75, 3.05) is 35.4 Å². The van der Waals surface area contributed by atoms with Gasteiger partial charge in [-0.1, -0.05) is 6.07 Å². The third-order valence-electron chi connectivity index (χ3n) is 3.81. The summed E-state index contributed by atoms with van der Waals surface area (Å²) in [5, 5.41) is 3.75. The Hall–Kier alpha value is -1.34. The molecule has 20 heavy (non-hydrogen) atoms. The zero-order chi connectivity index (χ0) is 14.5. The van der Waals surface area contributed by atoms with E-state index in [0.29, 0.717) is 5.11 Å². The van der Waals surface area contributed by atoms with Gasteiger partial charge < -0.3 is 15.1 Å². The van der Waals surface area contributed by atoms with E-state index in [4.69, 9.17) is 12.2 Å². The van der Waals surface area contributed by atoms with E-state index in [0.717, 1.165) is 11.4 Å². The van der Waals surface area contributed by atoms with Gasteiger partial charge in [0.05, 0.1) is 23.6 Å². The first kappa shape index (κ1) is 13.6. The summed E-state index contributed by atoms with van der Waals surface area (Å²) in [6.45, 7) is 0. The van der Waals surface area contributed by atoms with Crippen molar-refractivity contribution in [3.05, 3.63) is 24.3 Å². The molecular formula is C13H17N3O2S2. The number of rotatable bonds is 2. The summed E-state index contributed by atoms with van der Waals surface area (Å²) in [5.41, 5.74) is 2.01. The summed E-state index contributed by atoms with van der Waals surface area (Å²) in [7, 11) is 0.979. The number of hydrogen-bond acceptors (Lipinski definition) is 4. The lowest BCUT2D eigenvalue weighted by Gasteiger charge is -2.24. The minimum Gasteiger partial charge on any atom is -0.378 e. The topological polar surface area (TPSA) is 52.6 Å². The molecule has 1 aromatic rings. The maximum atomic E-state index is 11.8. The summed E-state index contributed by atoms with van der Waals surface area (Å²) in [6, 6.07) is 7.79. The molecule has 0 saturated carbocycles. The first-order valence-electron chi connectivity index (χ1n) is 6.45. The first-order chi connectivity index (χ1) is 9.37. The van der Waals surface area contributed by atoms with E-state index in [1.165, 1.54) is 0 Å². The van der Waals surface area contributed by atoms with Gasteiger partial charge in [0.25, 0.3) is 0 Å². The predicted molar refractivity (Wildman–Crippen MR) is 85.2 cm³/mol. The van der Waals surface area contributed by atoms with E-state index in [9.17, 15) is 8.42 Å². The van der Waals surface area contributed by atoms with E-state index >= 15 is 0 Å². The van der Waals surface area contributed by atoms with Gasteiger partial charge in [-0.25, -0.2) is 8.42 Å². The van der Waals surface area contributed by atoms with Gasteiger partial charge in [0, 0.05) is 25.5 Å². The molecule has 5 nitrogen and oxygen atoms in total. The van der Waals surface area contributed by atoms with Crippen LogP contribution in [0.3, 0.4) is 0 Å². The van der Waals surface area contributed by atoms with Gasteiger partial charge in [-0.3, -0.25) is 0 Å². The fraction of sp³-hybridized carbons (Fsp3) is 0.462. The molecule has 2 aliphatic heterocycles. The van der Waals surface area contributed by atoms with Crippen LogP contribution in [-0.2, 0) is 9.84 Å². The first-order valence-corrected chi connectivity index (χ1v) is 8.68. The van der Waals surface area contributed by atoms with Crippen molar-refractivity contribution >= 4 is 38.5 Å². The molecule has 108 valence electrons. The normalized spacial score (nSPS) is 27.3. The molecule has 0 aliphatic carbocycles. The monoisotopic (exact) mass is 311 g/mol. The highest BCUT2D eigenvalue weighted by atomic mass is 32.2. The largest absolute Gasteiger partial charge is 0.378 e. The Kier molecular flexibility index (Phi) is 3.13. The number of sulfone groups is 1. The second-order valence-electron chi connectivity index (χ2n) is 5.48. The minimum atomic E-state index is -2.97. The Bertz CT molecular complexity index is 657. The average molecular weight is 311 g/mol. The molecule has 2 heterocycles. The molecule has 1 aromatic carbocycles. The van der Waals surface area contributed by atoms with Crippen LogP contribution in [0.1, 0.15) is 0 Å². The second-order valence-corrected chi connectivity index (χ2v) is 8.03. The highest BCUT2D eigenvalue weighted by Crippen LogP contribution is 2.31. The summed E-state index contributed by atoms with van der Waals surface area (Å²) >= 11 is 5.37. The van der Waals surface area contributed by atoms with Crippen LogP contribution < -0.4 is 15.1 Å². The fourth-order valence-corrected chi connectivity index (χ4v) is 5.11. The number of fused-ring (bicyclic) bond motifs is 1. The fourth-order valence-electron chi connectivity index (χ4n) is 2.83. The van der Waals surface area contributed by atoms with E-state index in [1.54, 1.807) is 0 Å². The summed E-state index contributed by atoms with van der Waals surface area (Å²) in [5.74, 6) is 0.332. The van der Waals surface area contributed by atoms with Gasteiger partial charge in [0.2, 0.25) is 0 Å². The Morgan fingerprint density at radius 3 is 2.80 bits per heavy atom. The van der Waals surface area contributed by atoms with Crippen LogP contribution in [0.5, 0.6) is 0 Å². The molecule has 1 N–H and O–H groups in total. The predicted octanol–water partition coefficient (Wildman–Crippen LogP) is 0.613. The number of nitrogens with zero attached hydrogens (tertiary/aromatic N) is 2. The molecule has 0 radical (unpaired) electrons. The molecule has 0 unspecified atom stereocenters. The van der Waals surface area contributed by atoms with Crippen LogP contribution in [0.2, 0.25) is 0 Å². The SMILES string of the molecule is CN(C)c1cccc(N2C(=S)N[C@H]3CS(=O)(=O)C[C@@H]32)c1. The van der Waals surface area contributed by atoms with Gasteiger partial charge in [-0.2, -0.15) is 0 Å². The summed E-state index contributed by atoms with van der Waals surface area (Å²) in [6.07, 6.45) is 0. The van der Waals surface area contributed by atoms with E-state index < -0.39 is 9.84 Å². The number of thiocarbonyl (C=S) groups is 1. The summed E-state index contributed by atoms with van der Waals surface area (Å²) < 4.78 is 23.6. The van der Waals surface area contributed by atoms with Crippen LogP contribution in [0.25, 0.3) is 0 Å². The van der Waals surface area contributed by atoms with Crippen LogP contribution >= 0.6 is 12.2 Å². The second kappa shape index (κ2) is 4.60. The minimum absolute atomic E-state index is 0.0875. The lowest BCUT2D eigenvalue weighted by Crippen LogP contribution is -2.36. The van der Waals surface area contributed by atoms with Gasteiger partial charge in [-0.05, 0) is 30.4 Å². The maximum absolute atomic E-state index is 11.8. The number of hydrogen-bond donors (Lipinski definition) is 1. The highest BCUT2D eigenvalue weighted by Gasteiger charge is 2.47. The third kappa shape index (κ3) is 2.25. The van der Waals surface area contributed by atoms with E-state index in [-0.39, 0.29) is 23.6 Å². The maximum Gasteiger partial charge on any atom is 0.174 e. The lowest BCUT2D eigenvalue weighted by molar-refractivity contribution is 0.600. The van der Waals surface area contributed by atoms with Crippen LogP contribution in [0.15, 0.2) is 24.3 Å². The van der Waals surface area contributed by atoms with Crippen molar-refractivity contribution in [2.24, 2.45) is 0 Å². The van der Waals surface area contributed by atoms with Gasteiger partial charge in [-0.15, -0.1) is 0 Å². The van der Waals surface area contributed by atoms with E-state index in [2.05, 4.69) is 5.32 Å². The number of benzene rings is 1. The molecule has 0 aromatic heterocycles.